The number of hydrogen-bond donors (Lipinski definition) is 0. The van der Waals surface area contributed by atoms with E-state index in [1.165, 1.54) is 0 Å². The minimum absolute atomic E-state index is 0.113. The molecule has 2 aromatic rings. The zero-order valence-corrected chi connectivity index (χ0v) is 12.7. The van der Waals surface area contributed by atoms with Crippen LogP contribution in [0.3, 0.4) is 0 Å². The molecule has 0 saturated carbocycles. The number of carbonyl (C=O) groups is 2. The maximum atomic E-state index is 10.9. The molecule has 0 fully saturated rings. The first-order valence-electron chi connectivity index (χ1n) is 6.84. The Kier molecular flexibility index (Phi) is 6.82. The van der Waals surface area contributed by atoms with Crippen molar-refractivity contribution in [2.75, 3.05) is 0 Å². The topological polar surface area (TPSA) is 34.1 Å². The third kappa shape index (κ3) is 6.00. The summed E-state index contributed by atoms with van der Waals surface area (Å²) >= 11 is 0. The van der Waals surface area contributed by atoms with Gasteiger partial charge in [0.05, 0.1) is 0 Å². The molecule has 0 unspecified atom stereocenters. The van der Waals surface area contributed by atoms with E-state index in [2.05, 4.69) is 0 Å². The zero-order chi connectivity index (χ0) is 15.7. The van der Waals surface area contributed by atoms with E-state index in [-0.39, 0.29) is 11.6 Å². The lowest BCUT2D eigenvalue weighted by atomic mass is 10.1. The lowest BCUT2D eigenvalue weighted by Gasteiger charge is -1.95. The summed E-state index contributed by atoms with van der Waals surface area (Å²) in [5, 5.41) is 0. The van der Waals surface area contributed by atoms with Crippen LogP contribution < -0.4 is 0 Å². The van der Waals surface area contributed by atoms with Gasteiger partial charge in [-0.1, -0.05) is 66.7 Å². The van der Waals surface area contributed by atoms with Crippen LogP contribution in [-0.2, 0) is 0 Å². The second kappa shape index (κ2) is 8.64. The van der Waals surface area contributed by atoms with Crippen molar-refractivity contribution in [3.05, 3.63) is 77.4 Å². The van der Waals surface area contributed by atoms with Gasteiger partial charge in [0.1, 0.15) is 0 Å². The molecule has 0 radical (unpaired) electrons. The number of Topliss-reactive ketones (excluding diaryl/α,β-unsaturated/α-hetero) is 2. The molecule has 21 heavy (non-hydrogen) atoms. The first kappa shape index (κ1) is 16.6. The summed E-state index contributed by atoms with van der Waals surface area (Å²) in [5.74, 6) is 0.234. The Balaban J connectivity index is 0.000000219. The van der Waals surface area contributed by atoms with Gasteiger partial charge < -0.3 is 0 Å². The molecular weight excluding hydrogens is 260 g/mol. The van der Waals surface area contributed by atoms with E-state index in [1.54, 1.807) is 13.8 Å². The van der Waals surface area contributed by atoms with E-state index >= 15 is 0 Å². The van der Waals surface area contributed by atoms with E-state index in [1.807, 2.05) is 73.7 Å². The van der Waals surface area contributed by atoms with Crippen molar-refractivity contribution >= 4 is 17.6 Å². The molecule has 0 aromatic heterocycles. The molecule has 2 nitrogen and oxygen atoms in total. The van der Waals surface area contributed by atoms with E-state index in [0.29, 0.717) is 0 Å². The van der Waals surface area contributed by atoms with Gasteiger partial charge in [-0.2, -0.15) is 0 Å². The normalized spacial score (nSPS) is 9.86. The van der Waals surface area contributed by atoms with E-state index in [0.717, 1.165) is 16.7 Å². The second-order valence-corrected chi connectivity index (χ2v) is 4.60. The van der Waals surface area contributed by atoms with Crippen molar-refractivity contribution in [3.8, 4) is 0 Å². The molecule has 2 aromatic carbocycles. The van der Waals surface area contributed by atoms with Crippen molar-refractivity contribution in [2.45, 2.75) is 20.8 Å². The quantitative estimate of drug-likeness (QED) is 0.756. The zero-order valence-electron chi connectivity index (χ0n) is 12.7. The van der Waals surface area contributed by atoms with Gasteiger partial charge in [0.2, 0.25) is 0 Å². The van der Waals surface area contributed by atoms with Crippen molar-refractivity contribution in [1.82, 2.24) is 0 Å². The van der Waals surface area contributed by atoms with Gasteiger partial charge in [-0.3, -0.25) is 9.59 Å². The van der Waals surface area contributed by atoms with Crippen LogP contribution in [0.5, 0.6) is 0 Å². The maximum Gasteiger partial charge on any atom is 0.159 e. The molecule has 0 aliphatic rings. The highest BCUT2D eigenvalue weighted by atomic mass is 16.1. The van der Waals surface area contributed by atoms with Gasteiger partial charge in [-0.05, 0) is 26.3 Å². The maximum absolute atomic E-state index is 10.9. The molecule has 0 saturated heterocycles. The summed E-state index contributed by atoms with van der Waals surface area (Å²) in [4.78, 5) is 21.5. The monoisotopic (exact) mass is 280 g/mol. The van der Waals surface area contributed by atoms with Crippen LogP contribution in [-0.4, -0.2) is 11.6 Å². The van der Waals surface area contributed by atoms with Gasteiger partial charge in [0.15, 0.2) is 11.6 Å². The largest absolute Gasteiger partial charge is 0.295 e. The van der Waals surface area contributed by atoms with Crippen molar-refractivity contribution in [1.29, 1.82) is 0 Å². The van der Waals surface area contributed by atoms with Crippen molar-refractivity contribution < 1.29 is 9.59 Å². The fourth-order valence-corrected chi connectivity index (χ4v) is 1.69. The highest BCUT2D eigenvalue weighted by molar-refractivity contribution is 5.94. The molecule has 108 valence electrons. The van der Waals surface area contributed by atoms with Gasteiger partial charge in [0, 0.05) is 11.1 Å². The standard InChI is InChI=1S/C11H12O.C8H8O/c1-3-4-10-5-7-11(8-6-10)9(2)12;1-7(9)8-5-3-2-4-6-8/h3-8H,1-2H3;2-6H,1H3/b4-3+;. The first-order valence-corrected chi connectivity index (χ1v) is 6.84. The summed E-state index contributed by atoms with van der Waals surface area (Å²) in [7, 11) is 0. The highest BCUT2D eigenvalue weighted by Crippen LogP contribution is 2.06. The molecule has 0 aliphatic heterocycles. The average molecular weight is 280 g/mol. The van der Waals surface area contributed by atoms with Crippen LogP contribution in [0.4, 0.5) is 0 Å². The van der Waals surface area contributed by atoms with Crippen molar-refractivity contribution in [2.24, 2.45) is 0 Å². The van der Waals surface area contributed by atoms with Crippen LogP contribution in [0.25, 0.3) is 6.08 Å². The summed E-state index contributed by atoms with van der Waals surface area (Å²) in [6, 6.07) is 16.8. The second-order valence-electron chi connectivity index (χ2n) is 4.60. The van der Waals surface area contributed by atoms with E-state index < -0.39 is 0 Å². The summed E-state index contributed by atoms with van der Waals surface area (Å²) in [6.07, 6.45) is 3.98. The Morgan fingerprint density at radius 3 is 1.62 bits per heavy atom. The summed E-state index contributed by atoms with van der Waals surface area (Å²) < 4.78 is 0. The molecule has 0 atom stereocenters. The Hall–Kier alpha value is -2.48. The molecule has 0 spiro atoms. The van der Waals surface area contributed by atoms with Gasteiger partial charge >= 0.3 is 0 Å². The number of allylic oxidation sites excluding steroid dienone is 1. The van der Waals surface area contributed by atoms with Gasteiger partial charge in [-0.15, -0.1) is 0 Å². The first-order chi connectivity index (χ1) is 10.0. The van der Waals surface area contributed by atoms with Crippen LogP contribution in [0, 0.1) is 0 Å². The van der Waals surface area contributed by atoms with Crippen LogP contribution >= 0.6 is 0 Å². The van der Waals surface area contributed by atoms with Crippen LogP contribution in [0.15, 0.2) is 60.7 Å². The molecule has 0 amide bonds. The molecule has 2 rings (SSSR count). The lowest BCUT2D eigenvalue weighted by Crippen LogP contribution is -1.90. The predicted molar refractivity (Wildman–Crippen MR) is 87.6 cm³/mol. The SMILES string of the molecule is C/C=C/c1ccc(C(C)=O)cc1.CC(=O)c1ccccc1. The third-order valence-corrected chi connectivity index (χ3v) is 2.86. The lowest BCUT2D eigenvalue weighted by molar-refractivity contribution is 0.100. The number of benzene rings is 2. The summed E-state index contributed by atoms with van der Waals surface area (Å²) in [6.45, 7) is 5.11. The van der Waals surface area contributed by atoms with Gasteiger partial charge in [0.25, 0.3) is 0 Å². The molecular formula is C19H20O2. The minimum Gasteiger partial charge on any atom is -0.295 e. The number of carbonyl (C=O) groups excluding carboxylic acids is 2. The van der Waals surface area contributed by atoms with Crippen LogP contribution in [0.1, 0.15) is 47.1 Å². The minimum atomic E-state index is 0.113. The fraction of sp³-hybridized carbons (Fsp3) is 0.158. The van der Waals surface area contributed by atoms with Crippen LogP contribution in [0.2, 0.25) is 0 Å². The predicted octanol–water partition coefficient (Wildman–Crippen LogP) is 4.81. The summed E-state index contributed by atoms with van der Waals surface area (Å²) in [5.41, 5.74) is 2.67. The smallest absolute Gasteiger partial charge is 0.159 e. The Labute approximate surface area is 126 Å². The average Bonchev–Trinajstić information content (AvgIpc) is 2.50. The Bertz CT molecular complexity index is 608. The highest BCUT2D eigenvalue weighted by Gasteiger charge is 1.96. The van der Waals surface area contributed by atoms with E-state index in [9.17, 15) is 9.59 Å². The number of ketones is 2. The van der Waals surface area contributed by atoms with Gasteiger partial charge in [-0.25, -0.2) is 0 Å². The van der Waals surface area contributed by atoms with Crippen molar-refractivity contribution in [3.63, 3.8) is 0 Å². The third-order valence-electron chi connectivity index (χ3n) is 2.86. The Morgan fingerprint density at radius 2 is 1.24 bits per heavy atom. The fourth-order valence-electron chi connectivity index (χ4n) is 1.69. The molecule has 0 bridgehead atoms. The molecule has 0 N–H and O–H groups in total. The van der Waals surface area contributed by atoms with E-state index in [4.69, 9.17) is 0 Å². The molecule has 0 heterocycles. The Morgan fingerprint density at radius 1 is 0.762 bits per heavy atom. The number of hydrogen-bond acceptors (Lipinski definition) is 2. The number of rotatable bonds is 3. The molecule has 0 aliphatic carbocycles. The molecule has 2 heteroatoms.